The van der Waals surface area contributed by atoms with Gasteiger partial charge in [-0.1, -0.05) is 11.6 Å². The largest absolute Gasteiger partial charge is 0.497 e. The molecule has 0 unspecified atom stereocenters. The van der Waals surface area contributed by atoms with Crippen LogP contribution in [0.3, 0.4) is 0 Å². The number of hydrogen-bond acceptors (Lipinski definition) is 3. The molecule has 0 bridgehead atoms. The summed E-state index contributed by atoms with van der Waals surface area (Å²) in [7, 11) is 1.58. The highest BCUT2D eigenvalue weighted by Gasteiger charge is 2.03. The lowest BCUT2D eigenvalue weighted by Gasteiger charge is -2.08. The Hall–Kier alpha value is -1.26. The molecular formula is C12H9BrClNO2. The first kappa shape index (κ1) is 12.2. The smallest absolute Gasteiger partial charge is 0.146 e. The van der Waals surface area contributed by atoms with Crippen molar-refractivity contribution in [2.24, 2.45) is 0 Å². The fraction of sp³-hybridized carbons (Fsp3) is 0.0833. The molecule has 0 atom stereocenters. The summed E-state index contributed by atoms with van der Waals surface area (Å²) in [5.41, 5.74) is 0. The Balaban J connectivity index is 2.26. The minimum absolute atomic E-state index is 0.558. The number of rotatable bonds is 3. The SMILES string of the molecule is COc1cc(Cl)cc(Oc2cncc(Br)c2)c1. The standard InChI is InChI=1S/C12H9BrClNO2/c1-16-10-3-9(14)4-11(5-10)17-12-2-8(13)6-15-7-12/h2-7H,1H3. The third-order valence-corrected chi connectivity index (χ3v) is 2.65. The molecular weight excluding hydrogens is 305 g/mol. The second kappa shape index (κ2) is 5.38. The summed E-state index contributed by atoms with van der Waals surface area (Å²) in [6, 6.07) is 7.01. The molecule has 2 aromatic rings. The summed E-state index contributed by atoms with van der Waals surface area (Å²) in [5.74, 6) is 1.88. The van der Waals surface area contributed by atoms with Crippen LogP contribution in [-0.2, 0) is 0 Å². The van der Waals surface area contributed by atoms with Crippen LogP contribution in [0, 0.1) is 0 Å². The molecule has 0 fully saturated rings. The van der Waals surface area contributed by atoms with Gasteiger partial charge in [-0.3, -0.25) is 4.98 Å². The van der Waals surface area contributed by atoms with Gasteiger partial charge in [0.15, 0.2) is 0 Å². The molecule has 2 rings (SSSR count). The molecule has 0 saturated carbocycles. The maximum atomic E-state index is 5.94. The first-order valence-corrected chi connectivity index (χ1v) is 5.97. The van der Waals surface area contributed by atoms with Crippen LogP contribution in [0.2, 0.25) is 5.02 Å². The molecule has 0 spiro atoms. The maximum Gasteiger partial charge on any atom is 0.146 e. The highest BCUT2D eigenvalue weighted by molar-refractivity contribution is 9.10. The summed E-state index contributed by atoms with van der Waals surface area (Å²) in [5, 5.41) is 0.558. The molecule has 88 valence electrons. The Morgan fingerprint density at radius 3 is 2.53 bits per heavy atom. The van der Waals surface area contributed by atoms with Crippen LogP contribution in [0.5, 0.6) is 17.2 Å². The lowest BCUT2D eigenvalue weighted by molar-refractivity contribution is 0.409. The molecule has 1 aromatic heterocycles. The van der Waals surface area contributed by atoms with E-state index in [9.17, 15) is 0 Å². The Bertz CT molecular complexity index is 534. The first-order chi connectivity index (χ1) is 8.17. The van der Waals surface area contributed by atoms with Crippen molar-refractivity contribution in [1.29, 1.82) is 0 Å². The van der Waals surface area contributed by atoms with Crippen molar-refractivity contribution in [3.63, 3.8) is 0 Å². The van der Waals surface area contributed by atoms with Gasteiger partial charge >= 0.3 is 0 Å². The van der Waals surface area contributed by atoms with Crippen LogP contribution < -0.4 is 9.47 Å². The molecule has 0 N–H and O–H groups in total. The Morgan fingerprint density at radius 2 is 1.82 bits per heavy atom. The molecule has 0 saturated heterocycles. The first-order valence-electron chi connectivity index (χ1n) is 4.80. The zero-order chi connectivity index (χ0) is 12.3. The van der Waals surface area contributed by atoms with E-state index >= 15 is 0 Å². The average molecular weight is 315 g/mol. The van der Waals surface area contributed by atoms with Crippen molar-refractivity contribution in [1.82, 2.24) is 4.98 Å². The Kier molecular flexibility index (Phi) is 3.86. The van der Waals surface area contributed by atoms with Crippen molar-refractivity contribution < 1.29 is 9.47 Å². The summed E-state index contributed by atoms with van der Waals surface area (Å²) in [4.78, 5) is 4.01. The quantitative estimate of drug-likeness (QED) is 0.846. The van der Waals surface area contributed by atoms with Crippen molar-refractivity contribution in [3.05, 3.63) is 46.2 Å². The third kappa shape index (κ3) is 3.35. The van der Waals surface area contributed by atoms with Crippen molar-refractivity contribution in [2.45, 2.75) is 0 Å². The zero-order valence-electron chi connectivity index (χ0n) is 8.98. The van der Waals surface area contributed by atoms with Crippen LogP contribution in [0.15, 0.2) is 41.1 Å². The number of ether oxygens (including phenoxy) is 2. The van der Waals surface area contributed by atoms with Gasteiger partial charge in [-0.25, -0.2) is 0 Å². The van der Waals surface area contributed by atoms with Gasteiger partial charge in [-0.05, 0) is 34.1 Å². The molecule has 5 heteroatoms. The van der Waals surface area contributed by atoms with E-state index in [-0.39, 0.29) is 0 Å². The molecule has 17 heavy (non-hydrogen) atoms. The average Bonchev–Trinajstić information content (AvgIpc) is 2.28. The fourth-order valence-electron chi connectivity index (χ4n) is 1.30. The molecule has 0 radical (unpaired) electrons. The van der Waals surface area contributed by atoms with Gasteiger partial charge in [0.2, 0.25) is 0 Å². The van der Waals surface area contributed by atoms with Crippen LogP contribution >= 0.6 is 27.5 Å². The summed E-state index contributed by atoms with van der Waals surface area (Å²) < 4.78 is 11.6. The molecule has 0 aliphatic rings. The predicted octanol–water partition coefficient (Wildman–Crippen LogP) is 4.30. The normalized spacial score (nSPS) is 10.1. The highest BCUT2D eigenvalue weighted by atomic mass is 79.9. The number of benzene rings is 1. The monoisotopic (exact) mass is 313 g/mol. The number of hydrogen-bond donors (Lipinski definition) is 0. The van der Waals surface area contributed by atoms with E-state index in [1.165, 1.54) is 0 Å². The Labute approximate surface area is 112 Å². The van der Waals surface area contributed by atoms with E-state index in [0.717, 1.165) is 4.47 Å². The molecule has 0 aliphatic heterocycles. The van der Waals surface area contributed by atoms with Gasteiger partial charge in [0, 0.05) is 21.8 Å². The van der Waals surface area contributed by atoms with E-state index in [1.54, 1.807) is 37.7 Å². The van der Waals surface area contributed by atoms with Crippen LogP contribution in [0.1, 0.15) is 0 Å². The highest BCUT2D eigenvalue weighted by Crippen LogP contribution is 2.29. The topological polar surface area (TPSA) is 31.4 Å². The van der Waals surface area contributed by atoms with E-state index in [4.69, 9.17) is 21.1 Å². The van der Waals surface area contributed by atoms with Gasteiger partial charge in [0.05, 0.1) is 13.3 Å². The van der Waals surface area contributed by atoms with Crippen molar-refractivity contribution in [3.8, 4) is 17.2 Å². The van der Waals surface area contributed by atoms with E-state index in [2.05, 4.69) is 20.9 Å². The van der Waals surface area contributed by atoms with Crippen LogP contribution in [0.4, 0.5) is 0 Å². The predicted molar refractivity (Wildman–Crippen MR) is 70.0 cm³/mol. The van der Waals surface area contributed by atoms with Crippen molar-refractivity contribution in [2.75, 3.05) is 7.11 Å². The molecule has 1 heterocycles. The van der Waals surface area contributed by atoms with Gasteiger partial charge in [0.1, 0.15) is 17.2 Å². The summed E-state index contributed by atoms with van der Waals surface area (Å²) >= 11 is 9.27. The Morgan fingerprint density at radius 1 is 1.06 bits per heavy atom. The van der Waals surface area contributed by atoms with E-state index in [1.807, 2.05) is 6.07 Å². The fourth-order valence-corrected chi connectivity index (χ4v) is 1.86. The zero-order valence-corrected chi connectivity index (χ0v) is 11.3. The molecule has 1 aromatic carbocycles. The number of aromatic nitrogens is 1. The number of methoxy groups -OCH3 is 1. The van der Waals surface area contributed by atoms with Gasteiger partial charge < -0.3 is 9.47 Å². The molecule has 3 nitrogen and oxygen atoms in total. The summed E-state index contributed by atoms with van der Waals surface area (Å²) in [6.45, 7) is 0. The minimum Gasteiger partial charge on any atom is -0.497 e. The molecule has 0 amide bonds. The summed E-state index contributed by atoms with van der Waals surface area (Å²) in [6.07, 6.45) is 3.31. The van der Waals surface area contributed by atoms with Gasteiger partial charge in [-0.15, -0.1) is 0 Å². The number of halogens is 2. The minimum atomic E-state index is 0.558. The van der Waals surface area contributed by atoms with Gasteiger partial charge in [-0.2, -0.15) is 0 Å². The lowest BCUT2D eigenvalue weighted by atomic mass is 10.3. The van der Waals surface area contributed by atoms with Crippen LogP contribution in [-0.4, -0.2) is 12.1 Å². The molecule has 0 aliphatic carbocycles. The lowest BCUT2D eigenvalue weighted by Crippen LogP contribution is -1.88. The van der Waals surface area contributed by atoms with Gasteiger partial charge in [0.25, 0.3) is 0 Å². The van der Waals surface area contributed by atoms with E-state index in [0.29, 0.717) is 22.3 Å². The van der Waals surface area contributed by atoms with Crippen molar-refractivity contribution >= 4 is 27.5 Å². The third-order valence-electron chi connectivity index (χ3n) is 2.00. The van der Waals surface area contributed by atoms with E-state index < -0.39 is 0 Å². The van der Waals surface area contributed by atoms with Crippen LogP contribution in [0.25, 0.3) is 0 Å². The number of nitrogens with zero attached hydrogens (tertiary/aromatic N) is 1. The second-order valence-corrected chi connectivity index (χ2v) is 4.62. The maximum absolute atomic E-state index is 5.94. The number of pyridine rings is 1. The second-order valence-electron chi connectivity index (χ2n) is 3.27.